The molecule has 2 aromatic rings. The Morgan fingerprint density at radius 1 is 1.20 bits per heavy atom. The molecule has 20 heavy (non-hydrogen) atoms. The van der Waals surface area contributed by atoms with Gasteiger partial charge >= 0.3 is 0 Å². The van der Waals surface area contributed by atoms with Crippen molar-refractivity contribution in [1.82, 2.24) is 0 Å². The number of benzene rings is 2. The minimum Gasteiger partial charge on any atom is -0.497 e. The van der Waals surface area contributed by atoms with Crippen LogP contribution in [0, 0.1) is 18.6 Å². The number of anilines is 1. The van der Waals surface area contributed by atoms with Crippen molar-refractivity contribution in [3.05, 3.63) is 59.2 Å². The Morgan fingerprint density at radius 2 is 1.95 bits per heavy atom. The molecule has 1 amide bonds. The predicted molar refractivity (Wildman–Crippen MR) is 72.0 cm³/mol. The number of nitrogens with one attached hydrogen (secondary N) is 1. The van der Waals surface area contributed by atoms with E-state index in [2.05, 4.69) is 5.32 Å². The Hall–Kier alpha value is -2.43. The smallest absolute Gasteiger partial charge is 0.258 e. The van der Waals surface area contributed by atoms with Crippen molar-refractivity contribution >= 4 is 11.6 Å². The highest BCUT2D eigenvalue weighted by atomic mass is 19.2. The second-order valence-electron chi connectivity index (χ2n) is 4.24. The minimum atomic E-state index is -1.16. The first kappa shape index (κ1) is 14.0. The molecule has 0 radical (unpaired) electrons. The fraction of sp³-hybridized carbons (Fsp3) is 0.133. The van der Waals surface area contributed by atoms with E-state index in [1.54, 1.807) is 25.1 Å². The summed E-state index contributed by atoms with van der Waals surface area (Å²) in [5, 5.41) is 2.54. The maximum atomic E-state index is 13.5. The number of amides is 1. The number of halogens is 2. The maximum Gasteiger partial charge on any atom is 0.258 e. The molecule has 0 aliphatic carbocycles. The Balaban J connectivity index is 2.26. The van der Waals surface area contributed by atoms with Crippen molar-refractivity contribution in [1.29, 1.82) is 0 Å². The number of ether oxygens (including phenoxy) is 1. The van der Waals surface area contributed by atoms with Gasteiger partial charge in [-0.2, -0.15) is 0 Å². The normalized spacial score (nSPS) is 10.2. The number of rotatable bonds is 3. The van der Waals surface area contributed by atoms with E-state index in [1.807, 2.05) is 0 Å². The van der Waals surface area contributed by atoms with Gasteiger partial charge in [-0.05, 0) is 42.8 Å². The lowest BCUT2D eigenvalue weighted by molar-refractivity contribution is 0.102. The zero-order valence-electron chi connectivity index (χ0n) is 11.0. The molecule has 0 spiro atoms. The highest BCUT2D eigenvalue weighted by Gasteiger charge is 2.15. The lowest BCUT2D eigenvalue weighted by atomic mass is 10.1. The first-order valence-corrected chi connectivity index (χ1v) is 5.93. The molecule has 0 heterocycles. The van der Waals surface area contributed by atoms with Crippen LogP contribution in [-0.2, 0) is 0 Å². The Kier molecular flexibility index (Phi) is 3.98. The third-order valence-corrected chi connectivity index (χ3v) is 2.88. The number of hydrogen-bond acceptors (Lipinski definition) is 2. The van der Waals surface area contributed by atoms with E-state index in [4.69, 9.17) is 4.74 Å². The number of methoxy groups -OCH3 is 1. The maximum absolute atomic E-state index is 13.5. The van der Waals surface area contributed by atoms with Crippen LogP contribution in [0.25, 0.3) is 0 Å². The van der Waals surface area contributed by atoms with E-state index < -0.39 is 17.5 Å². The van der Waals surface area contributed by atoms with Crippen molar-refractivity contribution in [2.75, 3.05) is 12.4 Å². The van der Waals surface area contributed by atoms with Crippen LogP contribution < -0.4 is 10.1 Å². The SMILES string of the molecule is COc1ccc(NC(=O)c2cccc(F)c2F)c(C)c1. The Labute approximate surface area is 115 Å². The average Bonchev–Trinajstić information content (AvgIpc) is 2.44. The van der Waals surface area contributed by atoms with Crippen LogP contribution in [0.3, 0.4) is 0 Å². The molecule has 0 saturated carbocycles. The van der Waals surface area contributed by atoms with Gasteiger partial charge in [0.15, 0.2) is 11.6 Å². The fourth-order valence-corrected chi connectivity index (χ4v) is 1.77. The monoisotopic (exact) mass is 277 g/mol. The summed E-state index contributed by atoms with van der Waals surface area (Å²) >= 11 is 0. The van der Waals surface area contributed by atoms with Crippen molar-refractivity contribution < 1.29 is 18.3 Å². The van der Waals surface area contributed by atoms with Crippen LogP contribution >= 0.6 is 0 Å². The summed E-state index contributed by atoms with van der Waals surface area (Å²) < 4.78 is 31.7. The second-order valence-corrected chi connectivity index (χ2v) is 4.24. The van der Waals surface area contributed by atoms with Crippen LogP contribution in [0.5, 0.6) is 5.75 Å². The van der Waals surface area contributed by atoms with Gasteiger partial charge in [-0.25, -0.2) is 8.78 Å². The van der Waals surface area contributed by atoms with Crippen molar-refractivity contribution in [3.63, 3.8) is 0 Å². The summed E-state index contributed by atoms with van der Waals surface area (Å²) in [5.74, 6) is -2.26. The summed E-state index contributed by atoms with van der Waals surface area (Å²) in [7, 11) is 1.54. The summed E-state index contributed by atoms with van der Waals surface area (Å²) in [4.78, 5) is 11.9. The quantitative estimate of drug-likeness (QED) is 0.932. The molecular formula is C15H13F2NO2. The van der Waals surface area contributed by atoms with Crippen molar-refractivity contribution in [3.8, 4) is 5.75 Å². The zero-order valence-corrected chi connectivity index (χ0v) is 11.0. The Morgan fingerprint density at radius 3 is 2.60 bits per heavy atom. The third-order valence-electron chi connectivity index (χ3n) is 2.88. The molecule has 0 aliphatic rings. The summed E-state index contributed by atoms with van der Waals surface area (Å²) in [6.07, 6.45) is 0. The molecule has 2 rings (SSSR count). The van der Waals surface area contributed by atoms with Gasteiger partial charge in [0.1, 0.15) is 5.75 Å². The van der Waals surface area contributed by atoms with Gasteiger partial charge in [0.2, 0.25) is 0 Å². The van der Waals surface area contributed by atoms with E-state index in [-0.39, 0.29) is 5.56 Å². The van der Waals surface area contributed by atoms with E-state index in [1.165, 1.54) is 19.2 Å². The molecule has 0 atom stereocenters. The summed E-state index contributed by atoms with van der Waals surface area (Å²) in [6, 6.07) is 8.52. The molecule has 5 heteroatoms. The lowest BCUT2D eigenvalue weighted by Crippen LogP contribution is -2.15. The molecular weight excluding hydrogens is 264 g/mol. The zero-order chi connectivity index (χ0) is 14.7. The van der Waals surface area contributed by atoms with Gasteiger partial charge < -0.3 is 10.1 Å². The van der Waals surface area contributed by atoms with Gasteiger partial charge in [0, 0.05) is 5.69 Å². The molecule has 0 aliphatic heterocycles. The standard InChI is InChI=1S/C15H13F2NO2/c1-9-8-10(20-2)6-7-13(9)18-15(19)11-4-3-5-12(16)14(11)17/h3-8H,1-2H3,(H,18,19). The van der Waals surface area contributed by atoms with E-state index in [0.29, 0.717) is 11.4 Å². The average molecular weight is 277 g/mol. The molecule has 0 saturated heterocycles. The number of hydrogen-bond donors (Lipinski definition) is 1. The van der Waals surface area contributed by atoms with Crippen LogP contribution in [0.2, 0.25) is 0 Å². The predicted octanol–water partition coefficient (Wildman–Crippen LogP) is 3.53. The number of aryl methyl sites for hydroxylation is 1. The van der Waals surface area contributed by atoms with Gasteiger partial charge in [0.25, 0.3) is 5.91 Å². The van der Waals surface area contributed by atoms with E-state index >= 15 is 0 Å². The van der Waals surface area contributed by atoms with Crippen molar-refractivity contribution in [2.24, 2.45) is 0 Å². The number of carbonyl (C=O) groups is 1. The highest BCUT2D eigenvalue weighted by Crippen LogP contribution is 2.22. The minimum absolute atomic E-state index is 0.333. The molecule has 0 bridgehead atoms. The molecule has 0 fully saturated rings. The highest BCUT2D eigenvalue weighted by molar-refractivity contribution is 6.04. The topological polar surface area (TPSA) is 38.3 Å². The van der Waals surface area contributed by atoms with Gasteiger partial charge in [-0.3, -0.25) is 4.79 Å². The first-order chi connectivity index (χ1) is 9.52. The first-order valence-electron chi connectivity index (χ1n) is 5.93. The molecule has 1 N–H and O–H groups in total. The van der Waals surface area contributed by atoms with Crippen LogP contribution in [0.1, 0.15) is 15.9 Å². The third kappa shape index (κ3) is 2.77. The molecule has 0 unspecified atom stereocenters. The van der Waals surface area contributed by atoms with Gasteiger partial charge in [0.05, 0.1) is 12.7 Å². The molecule has 2 aromatic carbocycles. The summed E-state index contributed by atoms with van der Waals surface area (Å²) in [5.41, 5.74) is 0.939. The Bertz CT molecular complexity index is 656. The lowest BCUT2D eigenvalue weighted by Gasteiger charge is -2.10. The van der Waals surface area contributed by atoms with Crippen LogP contribution in [0.15, 0.2) is 36.4 Å². The second kappa shape index (κ2) is 5.69. The van der Waals surface area contributed by atoms with E-state index in [0.717, 1.165) is 11.6 Å². The summed E-state index contributed by atoms with van der Waals surface area (Å²) in [6.45, 7) is 1.78. The fourth-order valence-electron chi connectivity index (χ4n) is 1.77. The van der Waals surface area contributed by atoms with Crippen molar-refractivity contribution in [2.45, 2.75) is 6.92 Å². The van der Waals surface area contributed by atoms with Crippen LogP contribution in [0.4, 0.5) is 14.5 Å². The largest absolute Gasteiger partial charge is 0.497 e. The molecule has 3 nitrogen and oxygen atoms in total. The van der Waals surface area contributed by atoms with Gasteiger partial charge in [-0.1, -0.05) is 6.07 Å². The number of carbonyl (C=O) groups excluding carboxylic acids is 1. The molecule has 104 valence electrons. The van der Waals surface area contributed by atoms with E-state index in [9.17, 15) is 13.6 Å². The van der Waals surface area contributed by atoms with Gasteiger partial charge in [-0.15, -0.1) is 0 Å². The van der Waals surface area contributed by atoms with Crippen LogP contribution in [-0.4, -0.2) is 13.0 Å². The molecule has 0 aromatic heterocycles.